The quantitative estimate of drug-likeness (QED) is 0.281. The van der Waals surface area contributed by atoms with E-state index in [2.05, 4.69) is 97.1 Å². The van der Waals surface area contributed by atoms with Gasteiger partial charge in [0, 0.05) is 17.1 Å². The van der Waals surface area contributed by atoms with E-state index in [1.165, 1.54) is 48.7 Å². The normalized spacial score (nSPS) is 11.6. The Hall–Kier alpha value is -3.71. The van der Waals surface area contributed by atoms with E-state index in [1.54, 1.807) is 0 Å². The van der Waals surface area contributed by atoms with E-state index in [-0.39, 0.29) is 0 Å². The second-order valence-corrected chi connectivity index (χ2v) is 7.27. The summed E-state index contributed by atoms with van der Waals surface area (Å²) in [6, 6.07) is 34.6. The summed E-state index contributed by atoms with van der Waals surface area (Å²) in [6.07, 6.45) is 2.02. The fraction of sp³-hybridized carbons (Fsp3) is 0. The molecule has 6 rings (SSSR count). The van der Waals surface area contributed by atoms with Gasteiger partial charge in [0.25, 0.3) is 0 Å². The molecule has 5 aromatic carbocycles. The lowest BCUT2D eigenvalue weighted by atomic mass is 9.94. The molecule has 0 saturated heterocycles. The molecule has 1 nitrogen and oxygen atoms in total. The number of fused-ring (bicyclic) bond motifs is 6. The Bertz CT molecular complexity index is 1510. The zero-order chi connectivity index (χ0) is 18.5. The number of hydrogen-bond donors (Lipinski definition) is 0. The minimum Gasteiger partial charge on any atom is -0.256 e. The Kier molecular flexibility index (Phi) is 3.24. The predicted molar refractivity (Wildman–Crippen MR) is 120 cm³/mol. The summed E-state index contributed by atoms with van der Waals surface area (Å²) in [5.41, 5.74) is 2.20. The maximum absolute atomic E-state index is 4.88. The summed E-state index contributed by atoms with van der Waals surface area (Å²) >= 11 is 0. The van der Waals surface area contributed by atoms with E-state index in [0.717, 1.165) is 5.69 Å². The Morgan fingerprint density at radius 3 is 1.82 bits per heavy atom. The van der Waals surface area contributed by atoms with Crippen molar-refractivity contribution in [2.45, 2.75) is 0 Å². The highest BCUT2D eigenvalue weighted by atomic mass is 14.7. The van der Waals surface area contributed by atoms with Crippen LogP contribution >= 0.6 is 0 Å². The van der Waals surface area contributed by atoms with Crippen molar-refractivity contribution in [3.63, 3.8) is 0 Å². The molecule has 6 aromatic rings. The highest BCUT2D eigenvalue weighted by molar-refractivity contribution is 6.14. The van der Waals surface area contributed by atoms with Crippen LogP contribution in [0.1, 0.15) is 0 Å². The molecule has 0 aliphatic heterocycles. The minimum atomic E-state index is 1.02. The average Bonchev–Trinajstić information content (AvgIpc) is 2.78. The van der Waals surface area contributed by atoms with Crippen LogP contribution < -0.4 is 0 Å². The molecule has 0 radical (unpaired) electrons. The van der Waals surface area contributed by atoms with Crippen molar-refractivity contribution < 1.29 is 0 Å². The zero-order valence-corrected chi connectivity index (χ0v) is 15.3. The first-order valence-corrected chi connectivity index (χ1v) is 9.57. The van der Waals surface area contributed by atoms with Crippen LogP contribution in [-0.2, 0) is 0 Å². The van der Waals surface area contributed by atoms with Crippen molar-refractivity contribution in [3.8, 4) is 11.3 Å². The number of nitrogens with zero attached hydrogens (tertiary/aromatic N) is 1. The van der Waals surface area contributed by atoms with Crippen LogP contribution in [0.2, 0.25) is 0 Å². The highest BCUT2D eigenvalue weighted by Gasteiger charge is 2.10. The monoisotopic (exact) mass is 355 g/mol. The van der Waals surface area contributed by atoms with E-state index in [9.17, 15) is 0 Å². The SMILES string of the molecule is c1ccc2c(c1)ccc1cc(-c3cc4ccccc4c4ccccc34)ncc12. The molecule has 28 heavy (non-hydrogen) atoms. The summed E-state index contributed by atoms with van der Waals surface area (Å²) in [6.45, 7) is 0. The molecule has 0 fully saturated rings. The molecule has 0 bridgehead atoms. The number of aromatic nitrogens is 1. The topological polar surface area (TPSA) is 12.9 Å². The molecular formula is C27H17N. The van der Waals surface area contributed by atoms with Crippen LogP contribution in [0.5, 0.6) is 0 Å². The third-order valence-corrected chi connectivity index (χ3v) is 5.67. The lowest BCUT2D eigenvalue weighted by Gasteiger charge is -2.11. The van der Waals surface area contributed by atoms with Crippen molar-refractivity contribution in [1.82, 2.24) is 4.98 Å². The van der Waals surface area contributed by atoms with Gasteiger partial charge in [-0.3, -0.25) is 4.98 Å². The molecule has 0 saturated carbocycles. The summed E-state index contributed by atoms with van der Waals surface area (Å²) in [5, 5.41) is 9.98. The van der Waals surface area contributed by atoms with Gasteiger partial charge in [0.2, 0.25) is 0 Å². The van der Waals surface area contributed by atoms with Crippen LogP contribution in [0.4, 0.5) is 0 Å². The zero-order valence-electron chi connectivity index (χ0n) is 15.3. The van der Waals surface area contributed by atoms with Gasteiger partial charge in [-0.05, 0) is 49.8 Å². The van der Waals surface area contributed by atoms with E-state index >= 15 is 0 Å². The third kappa shape index (κ3) is 2.23. The molecular weight excluding hydrogens is 338 g/mol. The Balaban J connectivity index is 1.68. The van der Waals surface area contributed by atoms with E-state index < -0.39 is 0 Å². The molecule has 0 amide bonds. The van der Waals surface area contributed by atoms with Gasteiger partial charge in [-0.15, -0.1) is 0 Å². The first-order valence-electron chi connectivity index (χ1n) is 9.57. The summed E-state index contributed by atoms with van der Waals surface area (Å²) < 4.78 is 0. The fourth-order valence-corrected chi connectivity index (χ4v) is 4.31. The van der Waals surface area contributed by atoms with Crippen molar-refractivity contribution in [3.05, 3.63) is 103 Å². The maximum atomic E-state index is 4.88. The molecule has 0 aliphatic rings. The van der Waals surface area contributed by atoms with Gasteiger partial charge in [-0.25, -0.2) is 0 Å². The van der Waals surface area contributed by atoms with Gasteiger partial charge in [-0.1, -0.05) is 84.9 Å². The Labute approximate surface area is 162 Å². The van der Waals surface area contributed by atoms with Gasteiger partial charge >= 0.3 is 0 Å². The average molecular weight is 355 g/mol. The summed E-state index contributed by atoms with van der Waals surface area (Å²) in [7, 11) is 0. The smallest absolute Gasteiger partial charge is 0.0714 e. The minimum absolute atomic E-state index is 1.02. The second kappa shape index (κ2) is 5.90. The number of rotatable bonds is 1. The molecule has 130 valence electrons. The number of pyridine rings is 1. The van der Waals surface area contributed by atoms with Gasteiger partial charge in [-0.2, -0.15) is 0 Å². The lowest BCUT2D eigenvalue weighted by Crippen LogP contribution is -1.88. The lowest BCUT2D eigenvalue weighted by molar-refractivity contribution is 1.37. The van der Waals surface area contributed by atoms with Gasteiger partial charge < -0.3 is 0 Å². The Morgan fingerprint density at radius 1 is 0.429 bits per heavy atom. The molecule has 0 spiro atoms. The van der Waals surface area contributed by atoms with Crippen LogP contribution in [0.3, 0.4) is 0 Å². The van der Waals surface area contributed by atoms with Crippen molar-refractivity contribution in [2.75, 3.05) is 0 Å². The van der Waals surface area contributed by atoms with E-state index in [0.29, 0.717) is 0 Å². The number of benzene rings is 5. The Morgan fingerprint density at radius 2 is 1.00 bits per heavy atom. The third-order valence-electron chi connectivity index (χ3n) is 5.67. The van der Waals surface area contributed by atoms with Crippen LogP contribution in [0.25, 0.3) is 54.3 Å². The van der Waals surface area contributed by atoms with Gasteiger partial charge in [0.05, 0.1) is 5.69 Å². The van der Waals surface area contributed by atoms with Crippen LogP contribution in [0.15, 0.2) is 103 Å². The molecule has 0 unspecified atom stereocenters. The van der Waals surface area contributed by atoms with Crippen molar-refractivity contribution in [1.29, 1.82) is 0 Å². The molecule has 0 aliphatic carbocycles. The number of hydrogen-bond acceptors (Lipinski definition) is 1. The van der Waals surface area contributed by atoms with Crippen molar-refractivity contribution >= 4 is 43.1 Å². The second-order valence-electron chi connectivity index (χ2n) is 7.27. The molecule has 0 atom stereocenters. The maximum Gasteiger partial charge on any atom is 0.0714 e. The first kappa shape index (κ1) is 15.4. The van der Waals surface area contributed by atoms with E-state index in [1.807, 2.05) is 6.20 Å². The molecule has 1 heteroatoms. The standard InChI is InChI=1S/C27H17N/c1-3-9-21-18(7-1)13-14-20-16-27(28-17-26(20)21)25-15-19-8-2-4-10-22(19)23-11-5-6-12-24(23)25/h1-17H. The fourth-order valence-electron chi connectivity index (χ4n) is 4.31. The molecule has 1 heterocycles. The van der Waals surface area contributed by atoms with Crippen molar-refractivity contribution in [2.24, 2.45) is 0 Å². The largest absolute Gasteiger partial charge is 0.256 e. The molecule has 0 N–H and O–H groups in total. The predicted octanol–water partition coefficient (Wildman–Crippen LogP) is 7.36. The summed E-state index contributed by atoms with van der Waals surface area (Å²) in [4.78, 5) is 4.88. The van der Waals surface area contributed by atoms with Crippen LogP contribution in [0, 0.1) is 0 Å². The molecule has 1 aromatic heterocycles. The first-order chi connectivity index (χ1) is 13.9. The van der Waals surface area contributed by atoms with E-state index in [4.69, 9.17) is 4.98 Å². The van der Waals surface area contributed by atoms with Crippen LogP contribution in [-0.4, -0.2) is 4.98 Å². The van der Waals surface area contributed by atoms with Gasteiger partial charge in [0.15, 0.2) is 0 Å². The highest BCUT2D eigenvalue weighted by Crippen LogP contribution is 2.35. The summed E-state index contributed by atoms with van der Waals surface area (Å²) in [5.74, 6) is 0. The van der Waals surface area contributed by atoms with Gasteiger partial charge in [0.1, 0.15) is 0 Å².